The van der Waals surface area contributed by atoms with Crippen LogP contribution in [0.1, 0.15) is 42.9 Å². The van der Waals surface area contributed by atoms with E-state index in [2.05, 4.69) is 39.7 Å². The van der Waals surface area contributed by atoms with Crippen LogP contribution < -0.4 is 20.1 Å². The maximum Gasteiger partial charge on any atom is 0.257 e. The summed E-state index contributed by atoms with van der Waals surface area (Å²) in [6, 6.07) is 12.6. The number of piperidine rings is 1. The van der Waals surface area contributed by atoms with Gasteiger partial charge in [0.1, 0.15) is 17.2 Å². The summed E-state index contributed by atoms with van der Waals surface area (Å²) >= 11 is 1.36. The SMILES string of the molecule is CC(C)Cc1nnc(-c2ccc(Oc3cc(OCC4CCCNC4)cc(C(=O)Nc4nccs4)c3)cc2)o1. The zero-order chi connectivity index (χ0) is 26.3. The van der Waals surface area contributed by atoms with Gasteiger partial charge in [-0.25, -0.2) is 4.98 Å². The predicted octanol–water partition coefficient (Wildman–Crippen LogP) is 5.81. The number of nitrogens with zero attached hydrogens (tertiary/aromatic N) is 3. The second kappa shape index (κ2) is 12.2. The van der Waals surface area contributed by atoms with Gasteiger partial charge in [0.05, 0.1) is 6.61 Å². The fourth-order valence-electron chi connectivity index (χ4n) is 4.18. The molecule has 2 aromatic heterocycles. The van der Waals surface area contributed by atoms with Crippen molar-refractivity contribution in [1.29, 1.82) is 0 Å². The molecule has 1 amide bonds. The standard InChI is InChI=1S/C28H31N5O4S/c1-18(2)12-25-32-33-27(37-25)20-5-7-22(8-6-20)36-24-14-21(26(34)31-28-30-10-11-38-28)13-23(15-24)35-17-19-4-3-9-29-16-19/h5-8,10-11,13-15,18-19,29H,3-4,9,12,16-17H2,1-2H3,(H,30,31,34). The number of anilines is 1. The highest BCUT2D eigenvalue weighted by Crippen LogP contribution is 2.30. The number of benzene rings is 2. The van der Waals surface area contributed by atoms with Crippen molar-refractivity contribution >= 4 is 22.4 Å². The molecule has 9 nitrogen and oxygen atoms in total. The monoisotopic (exact) mass is 533 g/mol. The number of rotatable bonds is 10. The van der Waals surface area contributed by atoms with Gasteiger partial charge in [0.25, 0.3) is 5.91 Å². The molecule has 1 unspecified atom stereocenters. The summed E-state index contributed by atoms with van der Waals surface area (Å²) in [6.07, 6.45) is 4.64. The van der Waals surface area contributed by atoms with Crippen molar-refractivity contribution in [2.75, 3.05) is 25.0 Å². The number of carbonyl (C=O) groups is 1. The van der Waals surface area contributed by atoms with Crippen LogP contribution in [0.2, 0.25) is 0 Å². The molecule has 0 bridgehead atoms. The molecule has 0 spiro atoms. The molecular formula is C28H31N5O4S. The average molecular weight is 534 g/mol. The van der Waals surface area contributed by atoms with Crippen LogP contribution in [-0.4, -0.2) is 40.8 Å². The Hall–Kier alpha value is -3.76. The molecule has 198 valence electrons. The number of carbonyl (C=O) groups excluding carboxylic acids is 1. The minimum Gasteiger partial charge on any atom is -0.493 e. The van der Waals surface area contributed by atoms with E-state index in [1.807, 2.05) is 29.6 Å². The van der Waals surface area contributed by atoms with Gasteiger partial charge in [0.2, 0.25) is 11.8 Å². The number of ether oxygens (including phenoxy) is 2. The Morgan fingerprint density at radius 2 is 2.00 bits per heavy atom. The molecule has 1 aliphatic heterocycles. The van der Waals surface area contributed by atoms with Gasteiger partial charge in [0.15, 0.2) is 5.13 Å². The molecule has 0 aliphatic carbocycles. The van der Waals surface area contributed by atoms with Crippen LogP contribution in [0.5, 0.6) is 17.2 Å². The Balaban J connectivity index is 1.32. The van der Waals surface area contributed by atoms with E-state index < -0.39 is 0 Å². The van der Waals surface area contributed by atoms with E-state index >= 15 is 0 Å². The van der Waals surface area contributed by atoms with Crippen LogP contribution in [0.25, 0.3) is 11.5 Å². The van der Waals surface area contributed by atoms with Crippen molar-refractivity contribution in [2.45, 2.75) is 33.1 Å². The summed E-state index contributed by atoms with van der Waals surface area (Å²) in [5, 5.41) is 16.9. The minimum atomic E-state index is -0.279. The van der Waals surface area contributed by atoms with Crippen molar-refractivity contribution in [3.63, 3.8) is 0 Å². The van der Waals surface area contributed by atoms with Gasteiger partial charge < -0.3 is 19.2 Å². The minimum absolute atomic E-state index is 0.279. The van der Waals surface area contributed by atoms with Gasteiger partial charge in [0, 0.05) is 47.7 Å². The van der Waals surface area contributed by atoms with Crippen LogP contribution in [0.3, 0.4) is 0 Å². The Bertz CT molecular complexity index is 1330. The molecule has 0 radical (unpaired) electrons. The molecule has 5 rings (SSSR count). The molecule has 2 N–H and O–H groups in total. The van der Waals surface area contributed by atoms with E-state index in [9.17, 15) is 4.79 Å². The summed E-state index contributed by atoms with van der Waals surface area (Å²) in [7, 11) is 0. The zero-order valence-electron chi connectivity index (χ0n) is 21.5. The first kappa shape index (κ1) is 25.9. The maximum atomic E-state index is 13.0. The molecule has 1 atom stereocenters. The fraction of sp³-hybridized carbons (Fsp3) is 0.357. The van der Waals surface area contributed by atoms with Crippen LogP contribution in [0.15, 0.2) is 58.5 Å². The van der Waals surface area contributed by atoms with E-state index in [0.29, 0.717) is 58.2 Å². The topological polar surface area (TPSA) is 111 Å². The van der Waals surface area contributed by atoms with Gasteiger partial charge in [-0.2, -0.15) is 0 Å². The normalized spacial score (nSPS) is 15.4. The third-order valence-electron chi connectivity index (χ3n) is 6.07. The molecule has 38 heavy (non-hydrogen) atoms. The lowest BCUT2D eigenvalue weighted by Gasteiger charge is -2.23. The molecule has 1 saturated heterocycles. The molecule has 4 aromatic rings. The highest BCUT2D eigenvalue weighted by atomic mass is 32.1. The van der Waals surface area contributed by atoms with Crippen molar-refractivity contribution in [3.8, 4) is 28.7 Å². The third kappa shape index (κ3) is 6.96. The van der Waals surface area contributed by atoms with Crippen molar-refractivity contribution in [1.82, 2.24) is 20.5 Å². The van der Waals surface area contributed by atoms with Gasteiger partial charge in [-0.15, -0.1) is 21.5 Å². The lowest BCUT2D eigenvalue weighted by molar-refractivity contribution is 0.102. The van der Waals surface area contributed by atoms with Crippen molar-refractivity contribution in [2.24, 2.45) is 11.8 Å². The Kier molecular flexibility index (Phi) is 8.30. The quantitative estimate of drug-likeness (QED) is 0.263. The van der Waals surface area contributed by atoms with Gasteiger partial charge in [-0.1, -0.05) is 13.8 Å². The van der Waals surface area contributed by atoms with Crippen LogP contribution in [0.4, 0.5) is 5.13 Å². The second-order valence-corrected chi connectivity index (χ2v) is 10.6. The predicted molar refractivity (Wildman–Crippen MR) is 146 cm³/mol. The number of nitrogens with one attached hydrogen (secondary N) is 2. The van der Waals surface area contributed by atoms with E-state index in [1.165, 1.54) is 11.3 Å². The van der Waals surface area contributed by atoms with Gasteiger partial charge in [-0.3, -0.25) is 10.1 Å². The Morgan fingerprint density at radius 3 is 2.74 bits per heavy atom. The Morgan fingerprint density at radius 1 is 1.16 bits per heavy atom. The lowest BCUT2D eigenvalue weighted by Crippen LogP contribution is -2.33. The molecule has 2 aromatic carbocycles. The highest BCUT2D eigenvalue weighted by molar-refractivity contribution is 7.13. The van der Waals surface area contributed by atoms with Crippen molar-refractivity contribution in [3.05, 3.63) is 65.5 Å². The summed E-state index contributed by atoms with van der Waals surface area (Å²) in [5.41, 5.74) is 1.23. The van der Waals surface area contributed by atoms with E-state index in [0.717, 1.165) is 37.9 Å². The van der Waals surface area contributed by atoms with Crippen molar-refractivity contribution < 1.29 is 18.7 Å². The summed E-state index contributed by atoms with van der Waals surface area (Å²) in [6.45, 7) is 6.76. The maximum absolute atomic E-state index is 13.0. The Labute approximate surface area is 225 Å². The highest BCUT2D eigenvalue weighted by Gasteiger charge is 2.17. The van der Waals surface area contributed by atoms with Crippen LogP contribution >= 0.6 is 11.3 Å². The van der Waals surface area contributed by atoms with Gasteiger partial charge >= 0.3 is 0 Å². The molecular weight excluding hydrogens is 502 g/mol. The fourth-order valence-corrected chi connectivity index (χ4v) is 4.71. The first-order valence-corrected chi connectivity index (χ1v) is 13.7. The molecule has 3 heterocycles. The third-order valence-corrected chi connectivity index (χ3v) is 6.75. The smallest absolute Gasteiger partial charge is 0.257 e. The summed E-state index contributed by atoms with van der Waals surface area (Å²) < 4.78 is 18.0. The number of amides is 1. The average Bonchev–Trinajstić information content (AvgIpc) is 3.60. The number of hydrogen-bond donors (Lipinski definition) is 2. The molecule has 1 fully saturated rings. The number of hydrogen-bond acceptors (Lipinski definition) is 9. The molecule has 10 heteroatoms. The first-order chi connectivity index (χ1) is 18.5. The van der Waals surface area contributed by atoms with E-state index in [4.69, 9.17) is 13.9 Å². The van der Waals surface area contributed by atoms with E-state index in [-0.39, 0.29) is 5.91 Å². The van der Waals surface area contributed by atoms with Crippen LogP contribution in [0, 0.1) is 11.8 Å². The molecule has 1 aliphatic rings. The largest absolute Gasteiger partial charge is 0.493 e. The summed E-state index contributed by atoms with van der Waals surface area (Å²) in [5.74, 6) is 3.37. The second-order valence-electron chi connectivity index (χ2n) is 9.73. The van der Waals surface area contributed by atoms with Gasteiger partial charge in [-0.05, 0) is 61.7 Å². The van der Waals surface area contributed by atoms with Crippen LogP contribution in [-0.2, 0) is 6.42 Å². The van der Waals surface area contributed by atoms with E-state index in [1.54, 1.807) is 24.4 Å². The first-order valence-electron chi connectivity index (χ1n) is 12.8. The molecule has 0 saturated carbocycles. The summed E-state index contributed by atoms with van der Waals surface area (Å²) in [4.78, 5) is 17.1. The number of aromatic nitrogens is 3. The zero-order valence-corrected chi connectivity index (χ0v) is 22.3. The lowest BCUT2D eigenvalue weighted by atomic mass is 10.0. The number of thiazole rings is 1.